The number of nitrogens with zero attached hydrogens (tertiary/aromatic N) is 2. The first kappa shape index (κ1) is 13.7. The minimum atomic E-state index is -0.587. The predicted molar refractivity (Wildman–Crippen MR) is 74.0 cm³/mol. The van der Waals surface area contributed by atoms with E-state index in [1.807, 2.05) is 35.9 Å². The molecule has 1 atom stereocenters. The monoisotopic (exact) mass is 261 g/mol. The summed E-state index contributed by atoms with van der Waals surface area (Å²) in [5.41, 5.74) is 7.59. The zero-order chi connectivity index (χ0) is 13.8. The molecule has 0 aliphatic heterocycles. The van der Waals surface area contributed by atoms with E-state index in [1.54, 1.807) is 0 Å². The van der Waals surface area contributed by atoms with E-state index in [1.165, 1.54) is 7.11 Å². The van der Waals surface area contributed by atoms with Crippen LogP contribution < -0.4 is 5.73 Å². The van der Waals surface area contributed by atoms with Gasteiger partial charge in [0.05, 0.1) is 30.3 Å². The number of carbonyl (C=O) groups is 1. The van der Waals surface area contributed by atoms with Gasteiger partial charge < -0.3 is 10.5 Å². The van der Waals surface area contributed by atoms with Gasteiger partial charge in [0, 0.05) is 19.0 Å². The molecule has 102 valence electrons. The maximum Gasteiger partial charge on any atom is 0.157 e. The molecule has 19 heavy (non-hydrogen) atoms. The molecule has 0 saturated heterocycles. The molecule has 2 aromatic rings. The highest BCUT2D eigenvalue weighted by Gasteiger charge is 2.17. The van der Waals surface area contributed by atoms with Crippen LogP contribution in [0.1, 0.15) is 12.6 Å². The zero-order valence-electron chi connectivity index (χ0n) is 11.3. The van der Waals surface area contributed by atoms with Crippen molar-refractivity contribution in [3.8, 4) is 0 Å². The average Bonchev–Trinajstić information content (AvgIpc) is 2.77. The Bertz CT molecular complexity index is 577. The fourth-order valence-corrected chi connectivity index (χ4v) is 2.14. The van der Waals surface area contributed by atoms with Crippen LogP contribution in [0.3, 0.4) is 0 Å². The summed E-state index contributed by atoms with van der Waals surface area (Å²) in [5.74, 6) is -0.0478. The zero-order valence-corrected chi connectivity index (χ0v) is 11.3. The molecular formula is C14H19N3O2. The van der Waals surface area contributed by atoms with Crippen molar-refractivity contribution in [2.24, 2.45) is 5.73 Å². The molecule has 0 spiro atoms. The molecule has 0 saturated carbocycles. The molecule has 0 fully saturated rings. The molecule has 1 aromatic carbocycles. The Balaban J connectivity index is 2.28. The lowest BCUT2D eigenvalue weighted by Gasteiger charge is -2.07. The molecule has 0 bridgehead atoms. The summed E-state index contributed by atoms with van der Waals surface area (Å²) >= 11 is 0. The average molecular weight is 261 g/mol. The van der Waals surface area contributed by atoms with E-state index in [-0.39, 0.29) is 18.8 Å². The second-order valence-corrected chi connectivity index (χ2v) is 4.48. The van der Waals surface area contributed by atoms with Crippen LogP contribution in [0.5, 0.6) is 0 Å². The number of fused-ring (bicyclic) bond motifs is 1. The summed E-state index contributed by atoms with van der Waals surface area (Å²) in [6, 6.07) is 7.33. The number of hydrogen-bond donors (Lipinski definition) is 1. The van der Waals surface area contributed by atoms with Gasteiger partial charge in [-0.15, -0.1) is 0 Å². The molecule has 0 aliphatic carbocycles. The highest BCUT2D eigenvalue weighted by molar-refractivity contribution is 5.91. The Morgan fingerprint density at radius 1 is 1.47 bits per heavy atom. The number of aromatic nitrogens is 2. The topological polar surface area (TPSA) is 70.1 Å². The van der Waals surface area contributed by atoms with E-state index in [4.69, 9.17) is 10.5 Å². The molecule has 5 heteroatoms. The molecule has 1 aromatic heterocycles. The minimum Gasteiger partial charge on any atom is -0.383 e. The Morgan fingerprint density at radius 2 is 2.21 bits per heavy atom. The molecule has 2 N–H and O–H groups in total. The Labute approximate surface area is 112 Å². The quantitative estimate of drug-likeness (QED) is 0.846. The van der Waals surface area contributed by atoms with E-state index in [2.05, 4.69) is 5.10 Å². The largest absolute Gasteiger partial charge is 0.383 e. The Kier molecular flexibility index (Phi) is 4.29. The fourth-order valence-electron chi connectivity index (χ4n) is 2.14. The van der Waals surface area contributed by atoms with Crippen LogP contribution >= 0.6 is 0 Å². The standard InChI is InChI=1S/C14H19N3O2/c1-3-17-13-7-5-4-6-10(13)12(16-17)8-14(18)11(15)9-19-2/h4-7,11H,3,8-9,15H2,1-2H3. The summed E-state index contributed by atoms with van der Waals surface area (Å²) < 4.78 is 6.81. The van der Waals surface area contributed by atoms with Crippen LogP contribution in [0, 0.1) is 0 Å². The van der Waals surface area contributed by atoms with Crippen molar-refractivity contribution in [1.82, 2.24) is 9.78 Å². The third kappa shape index (κ3) is 2.83. The number of rotatable bonds is 6. The lowest BCUT2D eigenvalue weighted by atomic mass is 10.1. The lowest BCUT2D eigenvalue weighted by molar-refractivity contribution is -0.120. The van der Waals surface area contributed by atoms with Gasteiger partial charge in [-0.2, -0.15) is 5.10 Å². The van der Waals surface area contributed by atoms with Crippen molar-refractivity contribution in [3.63, 3.8) is 0 Å². The molecule has 0 radical (unpaired) electrons. The van der Waals surface area contributed by atoms with Crippen molar-refractivity contribution in [2.45, 2.75) is 25.9 Å². The number of methoxy groups -OCH3 is 1. The van der Waals surface area contributed by atoms with Crippen LogP contribution in [-0.4, -0.2) is 35.3 Å². The number of ketones is 1. The van der Waals surface area contributed by atoms with E-state index >= 15 is 0 Å². The minimum absolute atomic E-state index is 0.0478. The van der Waals surface area contributed by atoms with Crippen LogP contribution in [0.25, 0.3) is 10.9 Å². The van der Waals surface area contributed by atoms with Crippen LogP contribution in [-0.2, 0) is 22.5 Å². The van der Waals surface area contributed by atoms with Crippen LogP contribution in [0.4, 0.5) is 0 Å². The molecular weight excluding hydrogens is 242 g/mol. The number of carbonyl (C=O) groups excluding carboxylic acids is 1. The van der Waals surface area contributed by atoms with Gasteiger partial charge in [-0.1, -0.05) is 18.2 Å². The summed E-state index contributed by atoms with van der Waals surface area (Å²) in [6.45, 7) is 3.05. The maximum absolute atomic E-state index is 12.0. The second-order valence-electron chi connectivity index (χ2n) is 4.48. The molecule has 5 nitrogen and oxygen atoms in total. The second kappa shape index (κ2) is 5.95. The summed E-state index contributed by atoms with van der Waals surface area (Å²) in [6.07, 6.45) is 0.248. The number of Topliss-reactive ketones (excluding diaryl/α,β-unsaturated/α-hetero) is 1. The van der Waals surface area contributed by atoms with Crippen molar-refractivity contribution in [1.29, 1.82) is 0 Å². The normalized spacial score (nSPS) is 12.8. The fraction of sp³-hybridized carbons (Fsp3) is 0.429. The summed E-state index contributed by atoms with van der Waals surface area (Å²) in [4.78, 5) is 12.0. The van der Waals surface area contributed by atoms with E-state index in [0.717, 1.165) is 23.1 Å². The third-order valence-corrected chi connectivity index (χ3v) is 3.14. The van der Waals surface area contributed by atoms with Gasteiger partial charge >= 0.3 is 0 Å². The van der Waals surface area contributed by atoms with Crippen molar-refractivity contribution >= 4 is 16.7 Å². The van der Waals surface area contributed by atoms with Crippen molar-refractivity contribution in [3.05, 3.63) is 30.0 Å². The van der Waals surface area contributed by atoms with Gasteiger partial charge in [0.25, 0.3) is 0 Å². The first-order chi connectivity index (χ1) is 9.17. The Hall–Kier alpha value is -1.72. The highest BCUT2D eigenvalue weighted by Crippen LogP contribution is 2.19. The molecule has 1 heterocycles. The molecule has 0 amide bonds. The number of ether oxygens (including phenoxy) is 1. The van der Waals surface area contributed by atoms with Crippen LogP contribution in [0.2, 0.25) is 0 Å². The van der Waals surface area contributed by atoms with Crippen molar-refractivity contribution < 1.29 is 9.53 Å². The van der Waals surface area contributed by atoms with Crippen LogP contribution in [0.15, 0.2) is 24.3 Å². The number of hydrogen-bond acceptors (Lipinski definition) is 4. The predicted octanol–water partition coefficient (Wildman–Crippen LogP) is 1.14. The van der Waals surface area contributed by atoms with Gasteiger partial charge in [-0.25, -0.2) is 0 Å². The van der Waals surface area contributed by atoms with Gasteiger partial charge in [0.15, 0.2) is 5.78 Å². The third-order valence-electron chi connectivity index (χ3n) is 3.14. The van der Waals surface area contributed by atoms with Gasteiger partial charge in [-0.3, -0.25) is 9.48 Å². The lowest BCUT2D eigenvalue weighted by Crippen LogP contribution is -2.36. The van der Waals surface area contributed by atoms with Gasteiger partial charge in [0.2, 0.25) is 0 Å². The van der Waals surface area contributed by atoms with E-state index < -0.39 is 6.04 Å². The first-order valence-electron chi connectivity index (χ1n) is 6.39. The Morgan fingerprint density at radius 3 is 2.89 bits per heavy atom. The molecule has 2 rings (SSSR count). The van der Waals surface area contributed by atoms with Gasteiger partial charge in [0.1, 0.15) is 0 Å². The molecule has 0 aliphatic rings. The summed E-state index contributed by atoms with van der Waals surface area (Å²) in [7, 11) is 1.54. The van der Waals surface area contributed by atoms with Crippen molar-refractivity contribution in [2.75, 3.05) is 13.7 Å². The SMILES string of the molecule is CCn1nc(CC(=O)C(N)COC)c2ccccc21. The van der Waals surface area contributed by atoms with Gasteiger partial charge in [-0.05, 0) is 13.0 Å². The number of benzene rings is 1. The first-order valence-corrected chi connectivity index (χ1v) is 6.39. The summed E-state index contributed by atoms with van der Waals surface area (Å²) in [5, 5.41) is 5.51. The smallest absolute Gasteiger partial charge is 0.157 e. The highest BCUT2D eigenvalue weighted by atomic mass is 16.5. The van der Waals surface area contributed by atoms with E-state index in [0.29, 0.717) is 0 Å². The maximum atomic E-state index is 12.0. The number of aryl methyl sites for hydroxylation is 1. The van der Waals surface area contributed by atoms with E-state index in [9.17, 15) is 4.79 Å². The molecule has 1 unspecified atom stereocenters. The number of nitrogens with two attached hydrogens (primary N) is 1. The number of para-hydroxylation sites is 1.